The molecule has 0 aliphatic carbocycles. The first-order chi connectivity index (χ1) is 8.24. The van der Waals surface area contributed by atoms with Gasteiger partial charge in [0.15, 0.2) is 0 Å². The van der Waals surface area contributed by atoms with Crippen molar-refractivity contribution in [3.63, 3.8) is 0 Å². The van der Waals surface area contributed by atoms with Crippen LogP contribution in [-0.2, 0) is 0 Å². The lowest BCUT2D eigenvalue weighted by molar-refractivity contribution is -0.711. The van der Waals surface area contributed by atoms with Gasteiger partial charge in [-0.25, -0.2) is 4.63 Å². The molecule has 0 atom stereocenters. The number of aromatic amines is 1. The van der Waals surface area contributed by atoms with Crippen LogP contribution in [0.2, 0.25) is 0 Å². The van der Waals surface area contributed by atoms with Crippen molar-refractivity contribution in [2.45, 2.75) is 0 Å². The van der Waals surface area contributed by atoms with Crippen LogP contribution in [0.4, 0.5) is 5.69 Å². The summed E-state index contributed by atoms with van der Waals surface area (Å²) in [6.07, 6.45) is 0. The summed E-state index contributed by atoms with van der Waals surface area (Å²) >= 11 is 0. The van der Waals surface area contributed by atoms with Gasteiger partial charge in [0.1, 0.15) is 0 Å². The second-order valence-corrected chi connectivity index (χ2v) is 3.23. The minimum atomic E-state index is -0.463. The molecule has 1 N–H and O–H groups in total. The zero-order chi connectivity index (χ0) is 11.8. The fourth-order valence-corrected chi connectivity index (χ4v) is 1.38. The predicted octanol–water partition coefficient (Wildman–Crippen LogP) is 0.131. The van der Waals surface area contributed by atoms with Crippen LogP contribution in [-0.4, -0.2) is 25.4 Å². The summed E-state index contributed by atoms with van der Waals surface area (Å²) in [5, 5.41) is 24.5. The standard InChI is InChI=1S/C8H5N6O3/c15-14(16)6-3-1-5(2-4-6)13-9-7-8(10-13)12-17-11-7/h1-4H,(H,9,10,11,12)/q+1. The zero-order valence-electron chi connectivity index (χ0n) is 8.27. The van der Waals surface area contributed by atoms with Crippen LogP contribution in [0.5, 0.6) is 0 Å². The summed E-state index contributed by atoms with van der Waals surface area (Å²) < 4.78 is 4.45. The molecule has 2 aromatic heterocycles. The predicted molar refractivity (Wildman–Crippen MR) is 52.1 cm³/mol. The van der Waals surface area contributed by atoms with E-state index in [1.807, 2.05) is 0 Å². The summed E-state index contributed by atoms with van der Waals surface area (Å²) in [7, 11) is 0. The van der Waals surface area contributed by atoms with Gasteiger partial charge >= 0.3 is 5.65 Å². The topological polar surface area (TPSA) is 115 Å². The second kappa shape index (κ2) is 3.33. The molecule has 1 aromatic carbocycles. The molecule has 0 saturated carbocycles. The average molecular weight is 233 g/mol. The number of rotatable bonds is 2. The SMILES string of the molecule is O=[N+]([O-])c1ccc(-[n+]2nc3nonc3[nH]2)cc1. The maximum atomic E-state index is 10.5. The van der Waals surface area contributed by atoms with Gasteiger partial charge in [0, 0.05) is 29.1 Å². The largest absolute Gasteiger partial charge is 0.314 e. The van der Waals surface area contributed by atoms with Crippen LogP contribution >= 0.6 is 0 Å². The number of fused-ring (bicyclic) bond motifs is 1. The third-order valence-corrected chi connectivity index (χ3v) is 2.18. The molecule has 0 fully saturated rings. The monoisotopic (exact) mass is 233 g/mol. The Hall–Kier alpha value is -2.84. The van der Waals surface area contributed by atoms with E-state index in [2.05, 4.69) is 25.1 Å². The Kier molecular flexibility index (Phi) is 1.84. The van der Waals surface area contributed by atoms with E-state index < -0.39 is 4.92 Å². The van der Waals surface area contributed by atoms with Crippen LogP contribution in [0.25, 0.3) is 17.0 Å². The molecule has 9 nitrogen and oxygen atoms in total. The quantitative estimate of drug-likeness (QED) is 0.382. The Morgan fingerprint density at radius 1 is 1.29 bits per heavy atom. The van der Waals surface area contributed by atoms with E-state index in [4.69, 9.17) is 0 Å². The minimum Gasteiger partial charge on any atom is -0.258 e. The molecular formula is C8H5N6O3+. The summed E-state index contributed by atoms with van der Waals surface area (Å²) in [5.74, 6) is 0. The van der Waals surface area contributed by atoms with Gasteiger partial charge in [-0.1, -0.05) is 0 Å². The first-order valence-corrected chi connectivity index (χ1v) is 4.59. The average Bonchev–Trinajstić information content (AvgIpc) is 2.89. The number of nitrogens with one attached hydrogen (secondary N) is 1. The summed E-state index contributed by atoms with van der Waals surface area (Å²) in [5.41, 5.74) is 1.40. The number of hydrogen-bond acceptors (Lipinski definition) is 6. The molecular weight excluding hydrogens is 228 g/mol. The van der Waals surface area contributed by atoms with Crippen molar-refractivity contribution >= 4 is 17.0 Å². The van der Waals surface area contributed by atoms with E-state index in [0.29, 0.717) is 17.0 Å². The Bertz CT molecular complexity index is 656. The minimum absolute atomic E-state index is 0.0196. The van der Waals surface area contributed by atoms with Crippen LogP contribution < -0.4 is 4.80 Å². The first-order valence-electron chi connectivity index (χ1n) is 4.59. The van der Waals surface area contributed by atoms with Crippen molar-refractivity contribution in [1.29, 1.82) is 0 Å². The highest BCUT2D eigenvalue weighted by atomic mass is 16.6. The highest BCUT2D eigenvalue weighted by Gasteiger charge is 2.18. The zero-order valence-corrected chi connectivity index (χ0v) is 8.27. The van der Waals surface area contributed by atoms with Gasteiger partial charge in [-0.05, 0) is 10.3 Å². The molecule has 0 bridgehead atoms. The lowest BCUT2D eigenvalue weighted by atomic mass is 10.3. The molecule has 0 aliphatic heterocycles. The van der Waals surface area contributed by atoms with Crippen molar-refractivity contribution < 1.29 is 14.3 Å². The number of hydrogen-bond donors (Lipinski definition) is 1. The molecule has 9 heteroatoms. The van der Waals surface area contributed by atoms with Crippen molar-refractivity contribution in [2.24, 2.45) is 0 Å². The molecule has 17 heavy (non-hydrogen) atoms. The van der Waals surface area contributed by atoms with Crippen molar-refractivity contribution in [1.82, 2.24) is 20.5 Å². The van der Waals surface area contributed by atoms with Crippen LogP contribution in [0.15, 0.2) is 28.9 Å². The first kappa shape index (κ1) is 9.39. The number of nitro benzene ring substituents is 1. The molecule has 3 rings (SSSR count). The fraction of sp³-hybridized carbons (Fsp3) is 0. The highest BCUT2D eigenvalue weighted by Crippen LogP contribution is 2.11. The molecule has 0 aliphatic rings. The van der Waals surface area contributed by atoms with E-state index in [-0.39, 0.29) is 5.69 Å². The van der Waals surface area contributed by atoms with Crippen LogP contribution in [0.1, 0.15) is 0 Å². The Morgan fingerprint density at radius 3 is 2.71 bits per heavy atom. The van der Waals surface area contributed by atoms with Gasteiger partial charge in [-0.3, -0.25) is 10.1 Å². The lowest BCUT2D eigenvalue weighted by Crippen LogP contribution is -2.35. The Labute approximate surface area is 92.8 Å². The molecule has 2 heterocycles. The summed E-state index contributed by atoms with van der Waals surface area (Å²) in [6.45, 7) is 0. The molecule has 0 radical (unpaired) electrons. The van der Waals surface area contributed by atoms with Gasteiger partial charge in [0.2, 0.25) is 0 Å². The van der Waals surface area contributed by atoms with Crippen molar-refractivity contribution in [3.05, 3.63) is 34.4 Å². The summed E-state index contributed by atoms with van der Waals surface area (Å²) in [6, 6.07) is 5.91. The second-order valence-electron chi connectivity index (χ2n) is 3.23. The number of aromatic nitrogens is 5. The maximum Gasteiger partial charge on any atom is 0.314 e. The van der Waals surface area contributed by atoms with Gasteiger partial charge in [-0.15, -0.1) is 5.10 Å². The molecule has 0 spiro atoms. The van der Waals surface area contributed by atoms with E-state index >= 15 is 0 Å². The highest BCUT2D eigenvalue weighted by molar-refractivity contribution is 5.60. The Morgan fingerprint density at radius 2 is 2.06 bits per heavy atom. The van der Waals surface area contributed by atoms with Gasteiger partial charge in [-0.2, -0.15) is 0 Å². The van der Waals surface area contributed by atoms with Crippen molar-refractivity contribution in [3.8, 4) is 5.69 Å². The van der Waals surface area contributed by atoms with Gasteiger partial charge in [0.05, 0.1) is 10.0 Å². The Balaban J connectivity index is 2.03. The van der Waals surface area contributed by atoms with Gasteiger partial charge < -0.3 is 0 Å². The van der Waals surface area contributed by atoms with E-state index in [1.165, 1.54) is 16.9 Å². The number of H-pyrrole nitrogens is 1. The van der Waals surface area contributed by atoms with E-state index in [0.717, 1.165) is 0 Å². The summed E-state index contributed by atoms with van der Waals surface area (Å²) in [4.78, 5) is 11.4. The number of non-ortho nitro benzene ring substituents is 1. The molecule has 84 valence electrons. The van der Waals surface area contributed by atoms with Crippen molar-refractivity contribution in [2.75, 3.05) is 0 Å². The van der Waals surface area contributed by atoms with Crippen LogP contribution in [0, 0.1) is 10.1 Å². The lowest BCUT2D eigenvalue weighted by Gasteiger charge is -1.89. The number of benzene rings is 1. The molecule has 0 unspecified atom stereocenters. The molecule has 0 amide bonds. The molecule has 0 saturated heterocycles. The number of nitro groups is 1. The normalized spacial score (nSPS) is 10.8. The maximum absolute atomic E-state index is 10.5. The smallest absolute Gasteiger partial charge is 0.258 e. The van der Waals surface area contributed by atoms with E-state index in [1.54, 1.807) is 12.1 Å². The van der Waals surface area contributed by atoms with Gasteiger partial charge in [0.25, 0.3) is 17.0 Å². The number of nitrogens with zero attached hydrogens (tertiary/aromatic N) is 5. The molecule has 3 aromatic rings. The third kappa shape index (κ3) is 1.49. The fourth-order valence-electron chi connectivity index (χ4n) is 1.38. The third-order valence-electron chi connectivity index (χ3n) is 2.18. The van der Waals surface area contributed by atoms with Crippen LogP contribution in [0.3, 0.4) is 0 Å². The van der Waals surface area contributed by atoms with E-state index in [9.17, 15) is 10.1 Å².